The summed E-state index contributed by atoms with van der Waals surface area (Å²) in [6.07, 6.45) is 0.792. The van der Waals surface area contributed by atoms with Crippen LogP contribution in [0.5, 0.6) is 5.75 Å². The maximum absolute atomic E-state index is 11.8. The molecule has 1 heterocycles. The van der Waals surface area contributed by atoms with Gasteiger partial charge < -0.3 is 15.0 Å². The van der Waals surface area contributed by atoms with Crippen molar-refractivity contribution in [1.82, 2.24) is 9.88 Å². The molecule has 0 spiro atoms. The summed E-state index contributed by atoms with van der Waals surface area (Å²) in [4.78, 5) is 17.5. The first-order valence-corrected chi connectivity index (χ1v) is 8.10. The molecule has 0 aliphatic heterocycles. The van der Waals surface area contributed by atoms with Crippen LogP contribution in [0.3, 0.4) is 0 Å². The molecule has 0 bridgehead atoms. The number of rotatable bonds is 7. The second kappa shape index (κ2) is 8.69. The number of aromatic nitrogens is 1. The van der Waals surface area contributed by atoms with Gasteiger partial charge in [-0.2, -0.15) is 5.26 Å². The van der Waals surface area contributed by atoms with Crippen LogP contribution >= 0.6 is 0 Å². The number of carbonyl (C=O) groups is 1. The van der Waals surface area contributed by atoms with Crippen molar-refractivity contribution < 1.29 is 9.53 Å². The molecular formula is C19H22N4O2. The first-order chi connectivity index (χ1) is 12.0. The number of likely N-dealkylation sites (N-methyl/N-ethyl adjacent to an activating group) is 1. The van der Waals surface area contributed by atoms with Gasteiger partial charge in [-0.25, -0.2) is 4.98 Å². The molecule has 0 saturated carbocycles. The van der Waals surface area contributed by atoms with Gasteiger partial charge >= 0.3 is 0 Å². The monoisotopic (exact) mass is 338 g/mol. The van der Waals surface area contributed by atoms with Crippen LogP contribution in [0.25, 0.3) is 0 Å². The molecule has 1 amide bonds. The molecule has 1 N–H and O–H groups in total. The molecule has 1 aromatic carbocycles. The molecule has 2 rings (SSSR count). The van der Waals surface area contributed by atoms with E-state index in [4.69, 9.17) is 10.00 Å². The lowest BCUT2D eigenvalue weighted by Crippen LogP contribution is -2.28. The first kappa shape index (κ1) is 18.3. The smallest absolute Gasteiger partial charge is 0.259 e. The number of hydrogen-bond acceptors (Lipinski definition) is 5. The average molecular weight is 338 g/mol. The Morgan fingerprint density at radius 3 is 2.72 bits per heavy atom. The van der Waals surface area contributed by atoms with Crippen molar-refractivity contribution in [3.8, 4) is 11.8 Å². The number of carbonyl (C=O) groups excluding carboxylic acids is 1. The molecule has 1 aromatic heterocycles. The molecule has 0 radical (unpaired) electrons. The van der Waals surface area contributed by atoms with Gasteiger partial charge in [-0.3, -0.25) is 4.79 Å². The van der Waals surface area contributed by atoms with Crippen LogP contribution < -0.4 is 10.1 Å². The highest BCUT2D eigenvalue weighted by Crippen LogP contribution is 2.29. The van der Waals surface area contributed by atoms with E-state index < -0.39 is 0 Å². The van der Waals surface area contributed by atoms with Crippen LogP contribution in [0.4, 0.5) is 5.82 Å². The van der Waals surface area contributed by atoms with Gasteiger partial charge in [0, 0.05) is 19.7 Å². The van der Waals surface area contributed by atoms with Crippen molar-refractivity contribution in [2.75, 3.05) is 26.0 Å². The topological polar surface area (TPSA) is 78.2 Å². The quantitative estimate of drug-likeness (QED) is 0.840. The number of anilines is 1. The molecule has 0 aliphatic carbocycles. The fourth-order valence-corrected chi connectivity index (χ4v) is 2.32. The van der Waals surface area contributed by atoms with Gasteiger partial charge in [0.25, 0.3) is 5.91 Å². The fraction of sp³-hybridized carbons (Fsp3) is 0.316. The first-order valence-electron chi connectivity index (χ1n) is 8.10. The maximum Gasteiger partial charge on any atom is 0.259 e. The summed E-state index contributed by atoms with van der Waals surface area (Å²) in [5.74, 6) is 1.19. The SMILES string of the molecule is CC[C@@H](Nc1cccc(C#N)n1)c1ccccc1OCC(=O)N(C)C. The Balaban J connectivity index is 2.19. The normalized spacial score (nSPS) is 11.3. The van der Waals surface area contributed by atoms with Crippen LogP contribution in [-0.2, 0) is 4.79 Å². The summed E-state index contributed by atoms with van der Waals surface area (Å²) in [5, 5.41) is 12.3. The van der Waals surface area contributed by atoms with Gasteiger partial charge in [0.2, 0.25) is 0 Å². The highest BCUT2D eigenvalue weighted by atomic mass is 16.5. The van der Waals surface area contributed by atoms with Crippen LogP contribution in [-0.4, -0.2) is 36.5 Å². The molecule has 0 aliphatic rings. The molecule has 0 fully saturated rings. The average Bonchev–Trinajstić information content (AvgIpc) is 2.64. The van der Waals surface area contributed by atoms with E-state index in [9.17, 15) is 4.79 Å². The lowest BCUT2D eigenvalue weighted by Gasteiger charge is -2.21. The summed E-state index contributed by atoms with van der Waals surface area (Å²) in [7, 11) is 3.39. The minimum absolute atomic E-state index is 0.0113. The summed E-state index contributed by atoms with van der Waals surface area (Å²) in [6.45, 7) is 2.04. The Morgan fingerprint density at radius 2 is 2.04 bits per heavy atom. The van der Waals surface area contributed by atoms with E-state index in [0.29, 0.717) is 17.3 Å². The van der Waals surface area contributed by atoms with Crippen molar-refractivity contribution in [3.63, 3.8) is 0 Å². The van der Waals surface area contributed by atoms with Crippen molar-refractivity contribution in [1.29, 1.82) is 5.26 Å². The van der Waals surface area contributed by atoms with E-state index in [1.54, 1.807) is 26.2 Å². The Bertz CT molecular complexity index is 768. The van der Waals surface area contributed by atoms with E-state index in [-0.39, 0.29) is 18.6 Å². The molecular weight excluding hydrogens is 316 g/mol. The lowest BCUT2D eigenvalue weighted by atomic mass is 10.0. The number of nitriles is 1. The van der Waals surface area contributed by atoms with Crippen molar-refractivity contribution in [3.05, 3.63) is 53.7 Å². The third kappa shape index (κ3) is 4.95. The third-order valence-electron chi connectivity index (χ3n) is 3.74. The summed E-state index contributed by atoms with van der Waals surface area (Å²) in [5.41, 5.74) is 1.31. The molecule has 25 heavy (non-hydrogen) atoms. The number of pyridine rings is 1. The van der Waals surface area contributed by atoms with Crippen molar-refractivity contribution >= 4 is 11.7 Å². The fourth-order valence-electron chi connectivity index (χ4n) is 2.32. The molecule has 0 saturated heterocycles. The van der Waals surface area contributed by atoms with Gasteiger partial charge in [-0.1, -0.05) is 31.2 Å². The summed E-state index contributed by atoms with van der Waals surface area (Å²) < 4.78 is 5.72. The predicted molar refractivity (Wildman–Crippen MR) is 96.2 cm³/mol. The minimum Gasteiger partial charge on any atom is -0.483 e. The highest BCUT2D eigenvalue weighted by molar-refractivity contribution is 5.77. The highest BCUT2D eigenvalue weighted by Gasteiger charge is 2.16. The lowest BCUT2D eigenvalue weighted by molar-refractivity contribution is -0.130. The molecule has 1 atom stereocenters. The van der Waals surface area contributed by atoms with E-state index in [2.05, 4.69) is 10.3 Å². The largest absolute Gasteiger partial charge is 0.483 e. The zero-order chi connectivity index (χ0) is 18.2. The number of hydrogen-bond donors (Lipinski definition) is 1. The van der Waals surface area contributed by atoms with E-state index in [0.717, 1.165) is 12.0 Å². The number of ether oxygens (including phenoxy) is 1. The van der Waals surface area contributed by atoms with Crippen molar-refractivity contribution in [2.45, 2.75) is 19.4 Å². The van der Waals surface area contributed by atoms with Gasteiger partial charge in [0.1, 0.15) is 23.3 Å². The number of para-hydroxylation sites is 1. The zero-order valence-corrected chi connectivity index (χ0v) is 14.7. The maximum atomic E-state index is 11.8. The Labute approximate surface area is 148 Å². The van der Waals surface area contributed by atoms with Crippen LogP contribution in [0.15, 0.2) is 42.5 Å². The molecule has 0 unspecified atom stereocenters. The standard InChI is InChI=1S/C19H22N4O2/c1-4-16(22-18-11-7-8-14(12-20)21-18)15-9-5-6-10-17(15)25-13-19(24)23(2)3/h5-11,16H,4,13H2,1-3H3,(H,21,22)/t16-/m1/s1. The number of nitrogens with one attached hydrogen (secondary N) is 1. The molecule has 130 valence electrons. The summed E-state index contributed by atoms with van der Waals surface area (Å²) in [6, 6.07) is 14.9. The Morgan fingerprint density at radius 1 is 1.28 bits per heavy atom. The van der Waals surface area contributed by atoms with Crippen LogP contribution in [0.2, 0.25) is 0 Å². The van der Waals surface area contributed by atoms with Gasteiger partial charge in [-0.05, 0) is 24.6 Å². The number of nitrogens with zero attached hydrogens (tertiary/aromatic N) is 3. The second-order valence-corrected chi connectivity index (χ2v) is 5.74. The van der Waals surface area contributed by atoms with Crippen LogP contribution in [0.1, 0.15) is 30.6 Å². The molecule has 6 nitrogen and oxygen atoms in total. The van der Waals surface area contributed by atoms with Gasteiger partial charge in [0.05, 0.1) is 6.04 Å². The molecule has 6 heteroatoms. The number of benzene rings is 1. The minimum atomic E-state index is -0.0980. The zero-order valence-electron chi connectivity index (χ0n) is 14.7. The second-order valence-electron chi connectivity index (χ2n) is 5.74. The van der Waals surface area contributed by atoms with Crippen molar-refractivity contribution in [2.24, 2.45) is 0 Å². The summed E-state index contributed by atoms with van der Waals surface area (Å²) >= 11 is 0. The number of amides is 1. The Hall–Kier alpha value is -3.07. The Kier molecular flexibility index (Phi) is 6.35. The van der Waals surface area contributed by atoms with E-state index in [1.807, 2.05) is 43.3 Å². The van der Waals surface area contributed by atoms with Gasteiger partial charge in [-0.15, -0.1) is 0 Å². The molecule has 2 aromatic rings. The van der Waals surface area contributed by atoms with Gasteiger partial charge in [0.15, 0.2) is 6.61 Å². The predicted octanol–water partition coefficient (Wildman–Crippen LogP) is 2.98. The van der Waals surface area contributed by atoms with Crippen LogP contribution in [0, 0.1) is 11.3 Å². The van der Waals surface area contributed by atoms with E-state index in [1.165, 1.54) is 4.90 Å². The third-order valence-corrected chi connectivity index (χ3v) is 3.74. The van der Waals surface area contributed by atoms with E-state index >= 15 is 0 Å².